The van der Waals surface area contributed by atoms with E-state index in [0.717, 1.165) is 31.5 Å². The smallest absolute Gasteiger partial charge is 0.254 e. The van der Waals surface area contributed by atoms with Gasteiger partial charge in [0.15, 0.2) is 5.82 Å². The number of rotatable bonds is 8. The van der Waals surface area contributed by atoms with Gasteiger partial charge in [-0.3, -0.25) is 9.69 Å². The summed E-state index contributed by atoms with van der Waals surface area (Å²) < 4.78 is 19.6. The van der Waals surface area contributed by atoms with Gasteiger partial charge < -0.3 is 10.1 Å². The molecule has 8 heteroatoms. The molecule has 5 rings (SSSR count). The molecule has 39 heavy (non-hydrogen) atoms. The molecule has 1 saturated heterocycles. The minimum atomic E-state index is -0.362. The maximum Gasteiger partial charge on any atom is 0.254 e. The fourth-order valence-electron chi connectivity index (χ4n) is 4.76. The van der Waals surface area contributed by atoms with Crippen molar-refractivity contribution in [3.05, 3.63) is 114 Å². The highest BCUT2D eigenvalue weighted by atomic mass is 19.1. The largest absolute Gasteiger partial charge is 0.492 e. The van der Waals surface area contributed by atoms with Crippen LogP contribution < -0.4 is 10.1 Å². The molecule has 0 saturated carbocycles. The van der Waals surface area contributed by atoms with Crippen molar-refractivity contribution in [2.75, 3.05) is 19.7 Å². The second kappa shape index (κ2) is 12.3. The number of nitrogens with zero attached hydrogens (tertiary/aromatic N) is 4. The maximum absolute atomic E-state index is 13.5. The van der Waals surface area contributed by atoms with E-state index in [4.69, 9.17) is 4.74 Å². The van der Waals surface area contributed by atoms with Gasteiger partial charge >= 0.3 is 0 Å². The number of carbonyl (C=O) groups is 1. The first kappa shape index (κ1) is 26.0. The molecular formula is C31H28FN5O2. The summed E-state index contributed by atoms with van der Waals surface area (Å²) in [6.45, 7) is 2.03. The zero-order valence-electron chi connectivity index (χ0n) is 21.3. The monoisotopic (exact) mass is 521 g/mol. The highest BCUT2D eigenvalue weighted by Crippen LogP contribution is 2.26. The zero-order valence-corrected chi connectivity index (χ0v) is 21.3. The van der Waals surface area contributed by atoms with Gasteiger partial charge in [-0.05, 0) is 48.7 Å². The third-order valence-corrected chi connectivity index (χ3v) is 6.86. The number of halogens is 1. The molecule has 1 N–H and O–H groups in total. The molecule has 7 nitrogen and oxygen atoms in total. The highest BCUT2D eigenvalue weighted by molar-refractivity contribution is 5.93. The molecule has 0 spiro atoms. The SMILES string of the molecule is N#Cc1cccc(OCC(c2ccccc2)N2CCC(NC(=O)c3cnc(-c4cccc(F)c4)nc3)CC2)c1. The lowest BCUT2D eigenvalue weighted by Crippen LogP contribution is -2.46. The average molecular weight is 522 g/mol. The van der Waals surface area contributed by atoms with E-state index in [9.17, 15) is 14.4 Å². The van der Waals surface area contributed by atoms with Crippen molar-refractivity contribution >= 4 is 5.91 Å². The molecule has 0 bridgehead atoms. The summed E-state index contributed by atoms with van der Waals surface area (Å²) in [7, 11) is 0. The Morgan fingerprint density at radius 2 is 1.77 bits per heavy atom. The van der Waals surface area contributed by atoms with Crippen LogP contribution in [0.3, 0.4) is 0 Å². The van der Waals surface area contributed by atoms with Gasteiger partial charge in [0.05, 0.1) is 23.2 Å². The van der Waals surface area contributed by atoms with Gasteiger partial charge in [0, 0.05) is 37.1 Å². The summed E-state index contributed by atoms with van der Waals surface area (Å²) in [6.07, 6.45) is 4.53. The van der Waals surface area contributed by atoms with Crippen molar-refractivity contribution < 1.29 is 13.9 Å². The summed E-state index contributed by atoms with van der Waals surface area (Å²) in [4.78, 5) is 23.7. The van der Waals surface area contributed by atoms with Crippen molar-refractivity contribution in [3.63, 3.8) is 0 Å². The van der Waals surface area contributed by atoms with Crippen LogP contribution in [0.1, 0.15) is 40.4 Å². The van der Waals surface area contributed by atoms with Crippen LogP contribution in [0.25, 0.3) is 11.4 Å². The average Bonchev–Trinajstić information content (AvgIpc) is 2.99. The van der Waals surface area contributed by atoms with E-state index < -0.39 is 0 Å². The minimum absolute atomic E-state index is 0.0290. The van der Waals surface area contributed by atoms with Crippen LogP contribution in [0, 0.1) is 17.1 Å². The van der Waals surface area contributed by atoms with Crippen LogP contribution in [0.2, 0.25) is 0 Å². The number of hydrogen-bond acceptors (Lipinski definition) is 6. The summed E-state index contributed by atoms with van der Waals surface area (Å²) in [5.74, 6) is 0.453. The highest BCUT2D eigenvalue weighted by Gasteiger charge is 2.28. The molecule has 1 aliphatic heterocycles. The van der Waals surface area contributed by atoms with E-state index >= 15 is 0 Å². The first-order chi connectivity index (χ1) is 19.1. The lowest BCUT2D eigenvalue weighted by Gasteiger charge is -2.38. The molecule has 1 atom stereocenters. The second-order valence-corrected chi connectivity index (χ2v) is 9.47. The number of piperidine rings is 1. The number of amides is 1. The lowest BCUT2D eigenvalue weighted by atomic mass is 9.99. The number of nitriles is 1. The Morgan fingerprint density at radius 3 is 2.49 bits per heavy atom. The molecule has 0 radical (unpaired) electrons. The molecule has 0 aliphatic carbocycles. The fourth-order valence-corrected chi connectivity index (χ4v) is 4.76. The van der Waals surface area contributed by atoms with Crippen molar-refractivity contribution in [3.8, 4) is 23.2 Å². The van der Waals surface area contributed by atoms with Gasteiger partial charge in [-0.25, -0.2) is 14.4 Å². The fraction of sp³-hybridized carbons (Fsp3) is 0.226. The molecule has 1 aromatic heterocycles. The molecule has 1 fully saturated rings. The van der Waals surface area contributed by atoms with Crippen molar-refractivity contribution in [1.82, 2.24) is 20.2 Å². The maximum atomic E-state index is 13.5. The predicted octanol–water partition coefficient (Wildman–Crippen LogP) is 5.17. The Hall–Kier alpha value is -4.61. The number of aromatic nitrogens is 2. The number of nitrogens with one attached hydrogen (secondary N) is 1. The van der Waals surface area contributed by atoms with E-state index in [1.807, 2.05) is 30.3 Å². The van der Waals surface area contributed by atoms with Crippen LogP contribution in [-0.4, -0.2) is 46.5 Å². The predicted molar refractivity (Wildman–Crippen MR) is 145 cm³/mol. The Balaban J connectivity index is 1.19. The van der Waals surface area contributed by atoms with Crippen molar-refractivity contribution in [1.29, 1.82) is 5.26 Å². The van der Waals surface area contributed by atoms with Gasteiger partial charge in [-0.2, -0.15) is 5.26 Å². The third kappa shape index (κ3) is 6.64. The molecule has 1 aliphatic rings. The van der Waals surface area contributed by atoms with Gasteiger partial charge in [-0.1, -0.05) is 48.5 Å². The molecule has 3 aromatic carbocycles. The van der Waals surface area contributed by atoms with Crippen LogP contribution in [0.5, 0.6) is 5.75 Å². The normalized spacial score (nSPS) is 14.8. The first-order valence-electron chi connectivity index (χ1n) is 12.9. The molecular weight excluding hydrogens is 493 g/mol. The Kier molecular flexibility index (Phi) is 8.20. The number of carbonyl (C=O) groups excluding carboxylic acids is 1. The van der Waals surface area contributed by atoms with Crippen molar-refractivity contribution in [2.24, 2.45) is 0 Å². The Morgan fingerprint density at radius 1 is 1.03 bits per heavy atom. The zero-order chi connectivity index (χ0) is 27.0. The van der Waals surface area contributed by atoms with E-state index in [1.54, 1.807) is 24.3 Å². The third-order valence-electron chi connectivity index (χ3n) is 6.86. The van der Waals surface area contributed by atoms with Crippen LogP contribution in [0.4, 0.5) is 4.39 Å². The summed E-state index contributed by atoms with van der Waals surface area (Å²) in [6, 6.07) is 25.7. The van der Waals surface area contributed by atoms with Gasteiger partial charge in [-0.15, -0.1) is 0 Å². The van der Waals surface area contributed by atoms with E-state index in [1.165, 1.54) is 24.5 Å². The number of benzene rings is 3. The quantitative estimate of drug-likeness (QED) is 0.344. The minimum Gasteiger partial charge on any atom is -0.492 e. The molecule has 196 valence electrons. The van der Waals surface area contributed by atoms with Gasteiger partial charge in [0.1, 0.15) is 18.2 Å². The van der Waals surface area contributed by atoms with Crippen LogP contribution in [-0.2, 0) is 0 Å². The van der Waals surface area contributed by atoms with Crippen molar-refractivity contribution in [2.45, 2.75) is 24.9 Å². The van der Waals surface area contributed by atoms with Crippen LogP contribution >= 0.6 is 0 Å². The van der Waals surface area contributed by atoms with Gasteiger partial charge in [0.2, 0.25) is 0 Å². The van der Waals surface area contributed by atoms with E-state index in [0.29, 0.717) is 34.9 Å². The summed E-state index contributed by atoms with van der Waals surface area (Å²) in [5.41, 5.74) is 2.65. The number of likely N-dealkylation sites (tertiary alicyclic amines) is 1. The molecule has 1 unspecified atom stereocenters. The number of ether oxygens (including phenoxy) is 1. The Bertz CT molecular complexity index is 1450. The molecule has 1 amide bonds. The van der Waals surface area contributed by atoms with Gasteiger partial charge in [0.25, 0.3) is 5.91 Å². The van der Waals surface area contributed by atoms with E-state index in [2.05, 4.69) is 38.4 Å². The summed E-state index contributed by atoms with van der Waals surface area (Å²) >= 11 is 0. The first-order valence-corrected chi connectivity index (χ1v) is 12.9. The molecule has 4 aromatic rings. The number of hydrogen-bond donors (Lipinski definition) is 1. The molecule has 2 heterocycles. The van der Waals surface area contributed by atoms with E-state index in [-0.39, 0.29) is 23.8 Å². The second-order valence-electron chi connectivity index (χ2n) is 9.47. The Labute approximate surface area is 226 Å². The standard InChI is InChI=1S/C31H28FN5O2/c32-26-10-5-9-24(17-26)30-34-19-25(20-35-30)31(38)36-27-12-14-37(15-13-27)29(23-7-2-1-3-8-23)21-39-28-11-4-6-22(16-28)18-33/h1-11,16-17,19-20,27,29H,12-15,21H2,(H,36,38). The topological polar surface area (TPSA) is 91.1 Å². The lowest BCUT2D eigenvalue weighted by molar-refractivity contribution is 0.0837. The van der Waals surface area contributed by atoms with Crippen LogP contribution in [0.15, 0.2) is 91.3 Å². The summed E-state index contributed by atoms with van der Waals surface area (Å²) in [5, 5.41) is 12.3.